The summed E-state index contributed by atoms with van der Waals surface area (Å²) < 4.78 is 17.1. The van der Waals surface area contributed by atoms with Crippen LogP contribution in [0.5, 0.6) is 17.2 Å². The highest BCUT2D eigenvalue weighted by Crippen LogP contribution is 2.41. The molecule has 0 aromatic heterocycles. The Bertz CT molecular complexity index is 852. The zero-order chi connectivity index (χ0) is 18.2. The third-order valence-corrected chi connectivity index (χ3v) is 3.83. The summed E-state index contributed by atoms with van der Waals surface area (Å²) in [5.74, 6) is 1.49. The quantitative estimate of drug-likeness (QED) is 0.545. The fraction of sp³-hybridized carbons (Fsp3) is 0.143. The molecule has 0 saturated heterocycles. The topological polar surface area (TPSA) is 63.9 Å². The van der Waals surface area contributed by atoms with Crippen molar-refractivity contribution in [3.05, 3.63) is 83.9 Å². The number of nitrogens with zero attached hydrogens (tertiary/aromatic N) is 1. The van der Waals surface area contributed by atoms with Crippen molar-refractivity contribution in [2.75, 3.05) is 7.11 Å². The Morgan fingerprint density at radius 3 is 1.85 bits per heavy atom. The molecule has 0 spiro atoms. The van der Waals surface area contributed by atoms with Gasteiger partial charge in [-0.3, -0.25) is 0 Å². The van der Waals surface area contributed by atoms with Crippen LogP contribution in [0, 0.1) is 5.53 Å². The number of methoxy groups -OCH3 is 1. The van der Waals surface area contributed by atoms with Crippen LogP contribution >= 0.6 is 0 Å². The van der Waals surface area contributed by atoms with Gasteiger partial charge < -0.3 is 14.2 Å². The molecule has 0 heterocycles. The Morgan fingerprint density at radius 1 is 0.769 bits per heavy atom. The van der Waals surface area contributed by atoms with Gasteiger partial charge in [0.2, 0.25) is 0 Å². The lowest BCUT2D eigenvalue weighted by molar-refractivity contribution is 0.287. The van der Waals surface area contributed by atoms with Crippen molar-refractivity contribution in [3.63, 3.8) is 0 Å². The number of benzene rings is 3. The first-order chi connectivity index (χ1) is 12.8. The summed E-state index contributed by atoms with van der Waals surface area (Å²) in [5.41, 5.74) is 9.87. The number of rotatable bonds is 8. The first-order valence-electron chi connectivity index (χ1n) is 8.23. The second-order valence-corrected chi connectivity index (χ2v) is 5.63. The number of hydrogen-bond donors (Lipinski definition) is 1. The molecular formula is C21H20N2O3. The second kappa shape index (κ2) is 8.67. The first kappa shape index (κ1) is 17.5. The molecule has 0 aliphatic heterocycles. The molecule has 0 aliphatic carbocycles. The maximum absolute atomic E-state index is 7.44. The smallest absolute Gasteiger partial charge is 0.169 e. The van der Waals surface area contributed by atoms with Gasteiger partial charge in [-0.1, -0.05) is 60.7 Å². The van der Waals surface area contributed by atoms with Gasteiger partial charge in [0, 0.05) is 12.1 Å². The van der Waals surface area contributed by atoms with E-state index < -0.39 is 0 Å². The van der Waals surface area contributed by atoms with Crippen molar-refractivity contribution in [1.82, 2.24) is 0 Å². The number of nitrogens with one attached hydrogen (secondary N) is 1. The Balaban J connectivity index is 1.80. The molecule has 0 saturated carbocycles. The molecule has 0 atom stereocenters. The van der Waals surface area contributed by atoms with Crippen LogP contribution in [0.2, 0.25) is 0 Å². The monoisotopic (exact) mass is 348 g/mol. The van der Waals surface area contributed by atoms with E-state index in [9.17, 15) is 0 Å². The predicted octanol–water partition coefficient (Wildman–Crippen LogP) is 5.52. The molecule has 3 aromatic rings. The molecule has 26 heavy (non-hydrogen) atoms. The average molecular weight is 348 g/mol. The van der Waals surface area contributed by atoms with Crippen molar-refractivity contribution in [1.29, 1.82) is 5.53 Å². The van der Waals surface area contributed by atoms with Gasteiger partial charge in [0.15, 0.2) is 17.2 Å². The van der Waals surface area contributed by atoms with Gasteiger partial charge in [-0.25, -0.2) is 5.53 Å². The normalized spacial score (nSPS) is 10.2. The van der Waals surface area contributed by atoms with Crippen LogP contribution in [0.1, 0.15) is 11.1 Å². The highest BCUT2D eigenvalue weighted by molar-refractivity contribution is 5.64. The first-order valence-corrected chi connectivity index (χ1v) is 8.23. The second-order valence-electron chi connectivity index (χ2n) is 5.63. The summed E-state index contributed by atoms with van der Waals surface area (Å²) in [7, 11) is 1.53. The van der Waals surface area contributed by atoms with Gasteiger partial charge in [0.25, 0.3) is 0 Å². The van der Waals surface area contributed by atoms with Crippen molar-refractivity contribution >= 4 is 5.69 Å². The lowest BCUT2D eigenvalue weighted by atomic mass is 10.2. The Labute approximate surface area is 152 Å². The molecule has 3 aromatic carbocycles. The summed E-state index contributed by atoms with van der Waals surface area (Å²) in [5, 5.41) is 3.56. The summed E-state index contributed by atoms with van der Waals surface area (Å²) in [6.07, 6.45) is 0. The fourth-order valence-corrected chi connectivity index (χ4v) is 2.49. The highest BCUT2D eigenvalue weighted by Gasteiger charge is 2.14. The molecule has 1 N–H and O–H groups in total. The van der Waals surface area contributed by atoms with E-state index in [-0.39, 0.29) is 0 Å². The van der Waals surface area contributed by atoms with Gasteiger partial charge in [-0.05, 0) is 11.1 Å². The van der Waals surface area contributed by atoms with Gasteiger partial charge in [0.1, 0.15) is 19.0 Å². The molecule has 5 heteroatoms. The highest BCUT2D eigenvalue weighted by atomic mass is 16.5. The SMILES string of the molecule is COc1cc(OCc2ccccc2)cc(OCc2ccccc2)c1N=N. The molecule has 0 bridgehead atoms. The van der Waals surface area contributed by atoms with Crippen LogP contribution < -0.4 is 14.2 Å². The van der Waals surface area contributed by atoms with Crippen molar-refractivity contribution < 1.29 is 14.2 Å². The Morgan fingerprint density at radius 2 is 1.31 bits per heavy atom. The molecule has 0 fully saturated rings. The summed E-state index contributed by atoms with van der Waals surface area (Å²) in [6, 6.07) is 23.2. The zero-order valence-electron chi connectivity index (χ0n) is 14.5. The van der Waals surface area contributed by atoms with Crippen LogP contribution in [0.4, 0.5) is 5.69 Å². The van der Waals surface area contributed by atoms with E-state index in [1.807, 2.05) is 60.7 Å². The van der Waals surface area contributed by atoms with Crippen LogP contribution in [0.25, 0.3) is 0 Å². The van der Waals surface area contributed by atoms with Crippen LogP contribution in [-0.2, 0) is 13.2 Å². The molecule has 5 nitrogen and oxygen atoms in total. The van der Waals surface area contributed by atoms with Gasteiger partial charge in [-0.2, -0.15) is 5.11 Å². The van der Waals surface area contributed by atoms with Crippen LogP contribution in [0.15, 0.2) is 77.9 Å². The lowest BCUT2D eigenvalue weighted by Crippen LogP contribution is -1.99. The number of hydrogen-bond acceptors (Lipinski definition) is 5. The number of ether oxygens (including phenoxy) is 3. The minimum absolute atomic E-state index is 0.343. The molecular weight excluding hydrogens is 328 g/mol. The lowest BCUT2D eigenvalue weighted by Gasteiger charge is -2.14. The third kappa shape index (κ3) is 4.39. The fourth-order valence-electron chi connectivity index (χ4n) is 2.49. The van der Waals surface area contributed by atoms with Crippen LogP contribution in [-0.4, -0.2) is 7.11 Å². The van der Waals surface area contributed by atoms with E-state index in [0.29, 0.717) is 36.1 Å². The standard InChI is InChI=1S/C21H20N2O3/c1-24-19-12-18(25-14-16-8-4-2-5-9-16)13-20(21(19)23-22)26-15-17-10-6-3-7-11-17/h2-13,22H,14-15H2,1H3. The third-order valence-electron chi connectivity index (χ3n) is 3.83. The van der Waals surface area contributed by atoms with E-state index in [0.717, 1.165) is 11.1 Å². The summed E-state index contributed by atoms with van der Waals surface area (Å²) in [6.45, 7) is 0.800. The Kier molecular flexibility index (Phi) is 5.83. The van der Waals surface area contributed by atoms with E-state index >= 15 is 0 Å². The maximum Gasteiger partial charge on any atom is 0.169 e. The largest absolute Gasteiger partial charge is 0.494 e. The van der Waals surface area contributed by atoms with Crippen LogP contribution in [0.3, 0.4) is 0 Å². The molecule has 0 unspecified atom stereocenters. The van der Waals surface area contributed by atoms with Crippen molar-refractivity contribution in [2.24, 2.45) is 5.11 Å². The molecule has 132 valence electrons. The maximum atomic E-state index is 7.44. The molecule has 3 rings (SSSR count). The minimum Gasteiger partial charge on any atom is -0.494 e. The molecule has 0 amide bonds. The Hall–Kier alpha value is -3.34. The average Bonchev–Trinajstić information content (AvgIpc) is 2.71. The van der Waals surface area contributed by atoms with Crippen molar-refractivity contribution in [2.45, 2.75) is 13.2 Å². The van der Waals surface area contributed by atoms with E-state index in [4.69, 9.17) is 19.7 Å². The van der Waals surface area contributed by atoms with Crippen molar-refractivity contribution in [3.8, 4) is 17.2 Å². The molecule has 0 aliphatic rings. The van der Waals surface area contributed by atoms with Gasteiger partial charge >= 0.3 is 0 Å². The van der Waals surface area contributed by atoms with E-state index in [1.165, 1.54) is 7.11 Å². The van der Waals surface area contributed by atoms with Gasteiger partial charge in [-0.15, -0.1) is 0 Å². The predicted molar refractivity (Wildman–Crippen MR) is 99.3 cm³/mol. The molecule has 0 radical (unpaired) electrons. The van der Waals surface area contributed by atoms with E-state index in [1.54, 1.807) is 12.1 Å². The summed E-state index contributed by atoms with van der Waals surface area (Å²) in [4.78, 5) is 0. The minimum atomic E-state index is 0.343. The zero-order valence-corrected chi connectivity index (χ0v) is 14.5. The van der Waals surface area contributed by atoms with E-state index in [2.05, 4.69) is 5.11 Å². The van der Waals surface area contributed by atoms with Gasteiger partial charge in [0.05, 0.1) is 7.11 Å². The summed E-state index contributed by atoms with van der Waals surface area (Å²) >= 11 is 0.